The maximum atomic E-state index is 13.2. The molecule has 19 heavy (non-hydrogen) atoms. The molecule has 0 fully saturated rings. The summed E-state index contributed by atoms with van der Waals surface area (Å²) in [6.07, 6.45) is 0.445. The number of hydrogen-bond donors (Lipinski definition) is 1. The van der Waals surface area contributed by atoms with Crippen LogP contribution in [0.4, 0.5) is 4.39 Å². The molecule has 98 valence electrons. The molecule has 3 nitrogen and oxygen atoms in total. The van der Waals surface area contributed by atoms with Crippen LogP contribution in [-0.4, -0.2) is 5.11 Å². The molecule has 1 aromatic carbocycles. The zero-order valence-electron chi connectivity index (χ0n) is 9.98. The van der Waals surface area contributed by atoms with Gasteiger partial charge in [0.05, 0.1) is 10.7 Å². The summed E-state index contributed by atoms with van der Waals surface area (Å²) in [6.45, 7) is 1.78. The molecule has 2 aromatic heterocycles. The van der Waals surface area contributed by atoms with E-state index in [1.54, 1.807) is 19.1 Å². The standard InChI is InChI=1S/C14H10BrFO3/c1-7-9-6-8(16)2-3-11(9)19-13(7)12(17)14-10(15)4-5-18-14/h2-6,12,17H,1H3. The van der Waals surface area contributed by atoms with Gasteiger partial charge in [0.15, 0.2) is 11.9 Å². The molecule has 1 unspecified atom stereocenters. The zero-order chi connectivity index (χ0) is 13.6. The fourth-order valence-corrected chi connectivity index (χ4v) is 2.51. The van der Waals surface area contributed by atoms with E-state index in [1.807, 2.05) is 0 Å². The number of rotatable bonds is 2. The van der Waals surface area contributed by atoms with Gasteiger partial charge in [0.1, 0.15) is 17.2 Å². The number of aliphatic hydroxyl groups excluding tert-OH is 1. The summed E-state index contributed by atoms with van der Waals surface area (Å²) < 4.78 is 24.7. The van der Waals surface area contributed by atoms with Crippen LogP contribution in [0.2, 0.25) is 0 Å². The first-order valence-corrected chi connectivity index (χ1v) is 6.46. The summed E-state index contributed by atoms with van der Waals surface area (Å²) in [6, 6.07) is 5.95. The molecule has 2 heterocycles. The van der Waals surface area contributed by atoms with E-state index in [0.717, 1.165) is 0 Å². The molecule has 1 atom stereocenters. The highest BCUT2D eigenvalue weighted by Gasteiger charge is 2.24. The quantitative estimate of drug-likeness (QED) is 0.763. The predicted molar refractivity (Wildman–Crippen MR) is 71.4 cm³/mol. The lowest BCUT2D eigenvalue weighted by Crippen LogP contribution is -1.98. The second-order valence-electron chi connectivity index (χ2n) is 4.27. The number of hydrogen-bond acceptors (Lipinski definition) is 3. The molecule has 0 amide bonds. The van der Waals surface area contributed by atoms with E-state index in [1.165, 1.54) is 18.4 Å². The van der Waals surface area contributed by atoms with E-state index < -0.39 is 6.10 Å². The Balaban J connectivity index is 2.15. The molecule has 0 saturated carbocycles. The van der Waals surface area contributed by atoms with Gasteiger partial charge in [-0.05, 0) is 47.1 Å². The highest BCUT2D eigenvalue weighted by Crippen LogP contribution is 2.35. The number of benzene rings is 1. The number of halogens is 2. The molecule has 3 aromatic rings. The van der Waals surface area contributed by atoms with Gasteiger partial charge >= 0.3 is 0 Å². The lowest BCUT2D eigenvalue weighted by atomic mass is 10.1. The Hall–Kier alpha value is -1.59. The van der Waals surface area contributed by atoms with Crippen molar-refractivity contribution in [2.45, 2.75) is 13.0 Å². The number of aryl methyl sites for hydroxylation is 1. The Kier molecular flexibility index (Phi) is 2.95. The van der Waals surface area contributed by atoms with Gasteiger partial charge in [0.2, 0.25) is 0 Å². The second-order valence-corrected chi connectivity index (χ2v) is 5.12. The van der Waals surface area contributed by atoms with Crippen molar-refractivity contribution in [3.63, 3.8) is 0 Å². The van der Waals surface area contributed by atoms with E-state index in [9.17, 15) is 9.50 Å². The minimum atomic E-state index is -1.03. The number of fused-ring (bicyclic) bond motifs is 1. The van der Waals surface area contributed by atoms with Crippen molar-refractivity contribution in [2.24, 2.45) is 0 Å². The molecule has 0 spiro atoms. The molecule has 0 aliphatic heterocycles. The van der Waals surface area contributed by atoms with Crippen LogP contribution < -0.4 is 0 Å². The fourth-order valence-electron chi connectivity index (χ4n) is 2.09. The summed E-state index contributed by atoms with van der Waals surface area (Å²) in [5, 5.41) is 11.0. The minimum Gasteiger partial charge on any atom is -0.465 e. The van der Waals surface area contributed by atoms with E-state index in [4.69, 9.17) is 8.83 Å². The Labute approximate surface area is 116 Å². The number of aliphatic hydroxyl groups is 1. The monoisotopic (exact) mass is 324 g/mol. The normalized spacial score (nSPS) is 13.1. The van der Waals surface area contributed by atoms with Crippen molar-refractivity contribution in [3.05, 3.63) is 57.9 Å². The van der Waals surface area contributed by atoms with Gasteiger partial charge in [-0.25, -0.2) is 4.39 Å². The summed E-state index contributed by atoms with van der Waals surface area (Å²) in [4.78, 5) is 0. The first-order chi connectivity index (χ1) is 9.08. The first kappa shape index (κ1) is 12.4. The van der Waals surface area contributed by atoms with Crippen molar-refractivity contribution in [3.8, 4) is 0 Å². The Morgan fingerprint density at radius 2 is 2.05 bits per heavy atom. The van der Waals surface area contributed by atoms with Gasteiger partial charge in [-0.1, -0.05) is 0 Å². The van der Waals surface area contributed by atoms with Crippen LogP contribution >= 0.6 is 15.9 Å². The van der Waals surface area contributed by atoms with Crippen LogP contribution in [0.5, 0.6) is 0 Å². The SMILES string of the molecule is Cc1c(C(O)c2occc2Br)oc2ccc(F)cc12. The van der Waals surface area contributed by atoms with Crippen LogP contribution in [0.1, 0.15) is 23.2 Å². The van der Waals surface area contributed by atoms with Gasteiger partial charge in [-0.2, -0.15) is 0 Å². The predicted octanol–water partition coefficient (Wildman–Crippen LogP) is 4.32. The lowest BCUT2D eigenvalue weighted by Gasteiger charge is -2.06. The van der Waals surface area contributed by atoms with Crippen molar-refractivity contribution in [1.29, 1.82) is 0 Å². The summed E-state index contributed by atoms with van der Waals surface area (Å²) in [7, 11) is 0. The minimum absolute atomic E-state index is 0.336. The molecule has 0 aliphatic carbocycles. The van der Waals surface area contributed by atoms with E-state index in [0.29, 0.717) is 32.5 Å². The molecular weight excluding hydrogens is 315 g/mol. The Morgan fingerprint density at radius 1 is 1.26 bits per heavy atom. The van der Waals surface area contributed by atoms with Gasteiger partial charge in [-0.15, -0.1) is 0 Å². The molecule has 0 saturated heterocycles. The molecular formula is C14H10BrFO3. The molecule has 5 heteroatoms. The third kappa shape index (κ3) is 1.99. The van der Waals surface area contributed by atoms with Crippen LogP contribution in [0.3, 0.4) is 0 Å². The number of furan rings is 2. The smallest absolute Gasteiger partial charge is 0.171 e. The highest BCUT2D eigenvalue weighted by atomic mass is 79.9. The average Bonchev–Trinajstić information content (AvgIpc) is 2.94. The first-order valence-electron chi connectivity index (χ1n) is 5.67. The maximum absolute atomic E-state index is 13.2. The van der Waals surface area contributed by atoms with Crippen molar-refractivity contribution in [1.82, 2.24) is 0 Å². The fraction of sp³-hybridized carbons (Fsp3) is 0.143. The zero-order valence-corrected chi connectivity index (χ0v) is 11.6. The van der Waals surface area contributed by atoms with Crippen molar-refractivity contribution in [2.75, 3.05) is 0 Å². The van der Waals surface area contributed by atoms with Gasteiger partial charge in [0, 0.05) is 10.9 Å². The third-order valence-corrected chi connectivity index (χ3v) is 3.73. The van der Waals surface area contributed by atoms with E-state index >= 15 is 0 Å². The Bertz CT molecular complexity index is 744. The lowest BCUT2D eigenvalue weighted by molar-refractivity contribution is 0.163. The molecule has 0 aliphatic rings. The summed E-state index contributed by atoms with van der Waals surface area (Å²) >= 11 is 3.29. The maximum Gasteiger partial charge on any atom is 0.171 e. The summed E-state index contributed by atoms with van der Waals surface area (Å²) in [5.74, 6) is 0.385. The molecule has 1 N–H and O–H groups in total. The third-order valence-electron chi connectivity index (χ3n) is 3.08. The van der Waals surface area contributed by atoms with Crippen LogP contribution in [-0.2, 0) is 0 Å². The molecule has 0 bridgehead atoms. The van der Waals surface area contributed by atoms with Gasteiger partial charge in [0.25, 0.3) is 0 Å². The molecule has 3 rings (SSSR count). The highest BCUT2D eigenvalue weighted by molar-refractivity contribution is 9.10. The Morgan fingerprint density at radius 3 is 2.74 bits per heavy atom. The van der Waals surface area contributed by atoms with Crippen molar-refractivity contribution < 1.29 is 18.3 Å². The van der Waals surface area contributed by atoms with Crippen LogP contribution in [0.25, 0.3) is 11.0 Å². The largest absolute Gasteiger partial charge is 0.465 e. The van der Waals surface area contributed by atoms with Gasteiger partial charge < -0.3 is 13.9 Å². The summed E-state index contributed by atoms with van der Waals surface area (Å²) in [5.41, 5.74) is 1.24. The van der Waals surface area contributed by atoms with E-state index in [-0.39, 0.29) is 5.82 Å². The van der Waals surface area contributed by atoms with Gasteiger partial charge in [-0.3, -0.25) is 0 Å². The van der Waals surface area contributed by atoms with Crippen LogP contribution in [0.15, 0.2) is 43.8 Å². The molecule has 0 radical (unpaired) electrons. The van der Waals surface area contributed by atoms with E-state index in [2.05, 4.69) is 15.9 Å². The van der Waals surface area contributed by atoms with Crippen LogP contribution in [0, 0.1) is 12.7 Å². The second kappa shape index (κ2) is 4.51. The average molecular weight is 325 g/mol. The van der Waals surface area contributed by atoms with Crippen molar-refractivity contribution >= 4 is 26.9 Å². The topological polar surface area (TPSA) is 46.5 Å².